The van der Waals surface area contributed by atoms with Gasteiger partial charge in [-0.05, 0) is 6.42 Å². The molecule has 122 valence electrons. The molecule has 2 aliphatic heterocycles. The number of aromatic nitrogens is 2. The summed E-state index contributed by atoms with van der Waals surface area (Å²) in [4.78, 5) is 11.0. The molecule has 6 nitrogen and oxygen atoms in total. The summed E-state index contributed by atoms with van der Waals surface area (Å²) in [6.45, 7) is 6.44. The van der Waals surface area contributed by atoms with Gasteiger partial charge in [0.2, 0.25) is 0 Å². The van der Waals surface area contributed by atoms with Crippen molar-refractivity contribution in [2.24, 2.45) is 0 Å². The van der Waals surface area contributed by atoms with E-state index in [2.05, 4.69) is 27.1 Å². The minimum absolute atomic E-state index is 0.329. The Morgan fingerprint density at radius 2 is 1.95 bits per heavy atom. The summed E-state index contributed by atoms with van der Waals surface area (Å²) < 4.78 is 11.5. The fourth-order valence-electron chi connectivity index (χ4n) is 3.07. The quantitative estimate of drug-likeness (QED) is 0.815. The Kier molecular flexibility index (Phi) is 5.10. The van der Waals surface area contributed by atoms with Crippen molar-refractivity contribution in [1.29, 1.82) is 0 Å². The van der Waals surface area contributed by atoms with Gasteiger partial charge in [-0.25, -0.2) is 9.97 Å². The van der Waals surface area contributed by atoms with Crippen LogP contribution in [-0.2, 0) is 9.47 Å². The van der Waals surface area contributed by atoms with E-state index in [1.54, 1.807) is 6.33 Å². The van der Waals surface area contributed by atoms with Crippen LogP contribution < -0.4 is 10.2 Å². The first-order valence-electron chi connectivity index (χ1n) is 8.40. The van der Waals surface area contributed by atoms with Crippen LogP contribution in [0.3, 0.4) is 0 Å². The number of nitrogens with zero attached hydrogens (tertiary/aromatic N) is 3. The van der Waals surface area contributed by atoms with E-state index in [1.807, 2.05) is 6.07 Å². The average molecular weight is 306 g/mol. The van der Waals surface area contributed by atoms with Gasteiger partial charge in [0.15, 0.2) is 5.79 Å². The largest absolute Gasteiger partial charge is 0.370 e. The molecule has 0 aromatic carbocycles. The molecule has 0 radical (unpaired) electrons. The van der Waals surface area contributed by atoms with Crippen molar-refractivity contribution in [2.45, 2.75) is 44.8 Å². The first-order chi connectivity index (χ1) is 10.8. The van der Waals surface area contributed by atoms with Gasteiger partial charge in [0.25, 0.3) is 0 Å². The maximum atomic E-state index is 5.77. The summed E-state index contributed by atoms with van der Waals surface area (Å²) in [5.74, 6) is 1.57. The summed E-state index contributed by atoms with van der Waals surface area (Å²) in [7, 11) is 0. The van der Waals surface area contributed by atoms with Crippen LogP contribution in [0, 0.1) is 0 Å². The van der Waals surface area contributed by atoms with Crippen LogP contribution in [0.1, 0.15) is 39.0 Å². The zero-order chi connectivity index (χ0) is 15.3. The second-order valence-electron chi connectivity index (χ2n) is 5.99. The standard InChI is InChI=1S/C16H26N4O2/c1-2-3-4-7-17-14-12-15(19-13-18-14)20-8-5-16(6-9-20)21-10-11-22-16/h12-13H,2-11H2,1H3,(H,17,18,19). The summed E-state index contributed by atoms with van der Waals surface area (Å²) in [5.41, 5.74) is 0. The molecule has 1 spiro atoms. The Morgan fingerprint density at radius 1 is 1.18 bits per heavy atom. The van der Waals surface area contributed by atoms with Crippen LogP contribution in [0.15, 0.2) is 12.4 Å². The van der Waals surface area contributed by atoms with E-state index < -0.39 is 0 Å². The third-order valence-corrected chi connectivity index (χ3v) is 4.40. The fraction of sp³-hybridized carbons (Fsp3) is 0.750. The fourth-order valence-corrected chi connectivity index (χ4v) is 3.07. The van der Waals surface area contributed by atoms with E-state index in [9.17, 15) is 0 Å². The van der Waals surface area contributed by atoms with Crippen LogP contribution >= 0.6 is 0 Å². The maximum Gasteiger partial charge on any atom is 0.171 e. The van der Waals surface area contributed by atoms with Gasteiger partial charge in [0.1, 0.15) is 18.0 Å². The molecule has 6 heteroatoms. The first-order valence-corrected chi connectivity index (χ1v) is 8.40. The summed E-state index contributed by atoms with van der Waals surface area (Å²) in [6.07, 6.45) is 7.10. The van der Waals surface area contributed by atoms with Gasteiger partial charge >= 0.3 is 0 Å². The molecule has 3 rings (SSSR count). The highest BCUT2D eigenvalue weighted by Crippen LogP contribution is 2.32. The Bertz CT molecular complexity index is 467. The van der Waals surface area contributed by atoms with Gasteiger partial charge in [-0.15, -0.1) is 0 Å². The van der Waals surface area contributed by atoms with Crippen LogP contribution in [0.5, 0.6) is 0 Å². The Labute approximate surface area is 132 Å². The topological polar surface area (TPSA) is 59.5 Å². The maximum absolute atomic E-state index is 5.77. The van der Waals surface area contributed by atoms with Crippen LogP contribution in [0.25, 0.3) is 0 Å². The molecule has 2 saturated heterocycles. The summed E-state index contributed by atoms with van der Waals surface area (Å²) >= 11 is 0. The van der Waals surface area contributed by atoms with Crippen molar-refractivity contribution >= 4 is 11.6 Å². The van der Waals surface area contributed by atoms with Crippen molar-refractivity contribution in [3.05, 3.63) is 12.4 Å². The number of nitrogens with one attached hydrogen (secondary N) is 1. The lowest BCUT2D eigenvalue weighted by Crippen LogP contribution is -2.45. The van der Waals surface area contributed by atoms with E-state index in [1.165, 1.54) is 19.3 Å². The van der Waals surface area contributed by atoms with Gasteiger partial charge < -0.3 is 19.7 Å². The van der Waals surface area contributed by atoms with Crippen molar-refractivity contribution < 1.29 is 9.47 Å². The molecule has 2 aliphatic rings. The van der Waals surface area contributed by atoms with Gasteiger partial charge in [-0.2, -0.15) is 0 Å². The molecular weight excluding hydrogens is 280 g/mol. The second kappa shape index (κ2) is 7.24. The van der Waals surface area contributed by atoms with E-state index in [4.69, 9.17) is 9.47 Å². The van der Waals surface area contributed by atoms with Crippen LogP contribution in [-0.4, -0.2) is 48.6 Å². The molecule has 0 unspecified atom stereocenters. The number of anilines is 2. The smallest absolute Gasteiger partial charge is 0.171 e. The predicted molar refractivity (Wildman–Crippen MR) is 86.1 cm³/mol. The minimum atomic E-state index is -0.329. The average Bonchev–Trinajstić information content (AvgIpc) is 3.01. The number of hydrogen-bond acceptors (Lipinski definition) is 6. The number of rotatable bonds is 6. The third kappa shape index (κ3) is 3.67. The molecule has 1 aromatic rings. The Morgan fingerprint density at radius 3 is 2.68 bits per heavy atom. The molecule has 0 amide bonds. The molecular formula is C16H26N4O2. The number of unbranched alkanes of at least 4 members (excludes halogenated alkanes) is 2. The molecule has 1 N–H and O–H groups in total. The van der Waals surface area contributed by atoms with Crippen LogP contribution in [0.2, 0.25) is 0 Å². The molecule has 1 aromatic heterocycles. The van der Waals surface area contributed by atoms with Gasteiger partial charge in [0, 0.05) is 38.5 Å². The zero-order valence-corrected chi connectivity index (χ0v) is 13.4. The molecule has 2 fully saturated rings. The molecule has 0 bridgehead atoms. The number of hydrogen-bond donors (Lipinski definition) is 1. The van der Waals surface area contributed by atoms with Gasteiger partial charge in [-0.3, -0.25) is 0 Å². The van der Waals surface area contributed by atoms with E-state index in [0.717, 1.165) is 57.3 Å². The van der Waals surface area contributed by atoms with E-state index in [0.29, 0.717) is 0 Å². The lowest BCUT2D eigenvalue weighted by molar-refractivity contribution is -0.169. The first kappa shape index (κ1) is 15.5. The van der Waals surface area contributed by atoms with E-state index >= 15 is 0 Å². The highest BCUT2D eigenvalue weighted by atomic mass is 16.7. The van der Waals surface area contributed by atoms with Crippen molar-refractivity contribution in [1.82, 2.24) is 9.97 Å². The zero-order valence-electron chi connectivity index (χ0n) is 13.4. The summed E-state index contributed by atoms with van der Waals surface area (Å²) in [6, 6.07) is 2.04. The second-order valence-corrected chi connectivity index (χ2v) is 5.99. The normalized spacial score (nSPS) is 20.5. The SMILES string of the molecule is CCCCCNc1cc(N2CCC3(CC2)OCCO3)ncn1. The van der Waals surface area contributed by atoms with Crippen molar-refractivity contribution in [3.63, 3.8) is 0 Å². The lowest BCUT2D eigenvalue weighted by atomic mass is 10.0. The molecule has 0 atom stereocenters. The molecule has 0 saturated carbocycles. The monoisotopic (exact) mass is 306 g/mol. The Balaban J connectivity index is 1.54. The highest BCUT2D eigenvalue weighted by molar-refractivity contribution is 5.48. The lowest BCUT2D eigenvalue weighted by Gasteiger charge is -2.38. The Hall–Kier alpha value is -1.40. The van der Waals surface area contributed by atoms with Gasteiger partial charge in [-0.1, -0.05) is 19.8 Å². The molecule has 3 heterocycles. The molecule has 22 heavy (non-hydrogen) atoms. The van der Waals surface area contributed by atoms with Crippen LogP contribution in [0.4, 0.5) is 11.6 Å². The minimum Gasteiger partial charge on any atom is -0.370 e. The van der Waals surface area contributed by atoms with Crippen molar-refractivity contribution in [2.75, 3.05) is 43.1 Å². The summed E-state index contributed by atoms with van der Waals surface area (Å²) in [5, 5.41) is 3.38. The third-order valence-electron chi connectivity index (χ3n) is 4.40. The highest BCUT2D eigenvalue weighted by Gasteiger charge is 2.40. The van der Waals surface area contributed by atoms with Gasteiger partial charge in [0.05, 0.1) is 13.2 Å². The van der Waals surface area contributed by atoms with Crippen molar-refractivity contribution in [3.8, 4) is 0 Å². The number of ether oxygens (including phenoxy) is 2. The van der Waals surface area contributed by atoms with E-state index in [-0.39, 0.29) is 5.79 Å². The number of piperidine rings is 1. The predicted octanol–water partition coefficient (Wildman–Crippen LogP) is 2.42. The molecule has 0 aliphatic carbocycles.